The first kappa shape index (κ1) is 18.9. The molecule has 0 bridgehead atoms. The zero-order valence-corrected chi connectivity index (χ0v) is 15.5. The van der Waals surface area contributed by atoms with Crippen LogP contribution in [-0.2, 0) is 4.74 Å². The number of nitrogens with one attached hydrogen (secondary N) is 2. The van der Waals surface area contributed by atoms with E-state index in [2.05, 4.69) is 45.5 Å². The van der Waals surface area contributed by atoms with E-state index in [0.29, 0.717) is 5.56 Å². The smallest absolute Gasteiger partial charge is 0.337 e. The molecule has 2 heterocycles. The molecule has 0 saturated heterocycles. The van der Waals surface area contributed by atoms with Crippen molar-refractivity contribution in [2.75, 3.05) is 17.9 Å². The monoisotopic (exact) mass is 407 g/mol. The van der Waals surface area contributed by atoms with Crippen LogP contribution in [0.15, 0.2) is 58.3 Å². The minimum Gasteiger partial charge on any atom is -0.465 e. The molecule has 4 rings (SSSR count). The quantitative estimate of drug-likeness (QED) is 0.281. The Kier molecular flexibility index (Phi) is 5.24. The van der Waals surface area contributed by atoms with Crippen molar-refractivity contribution >= 4 is 40.8 Å². The van der Waals surface area contributed by atoms with Crippen LogP contribution in [0.5, 0.6) is 0 Å². The first-order valence-corrected chi connectivity index (χ1v) is 8.63. The molecule has 2 aromatic heterocycles. The zero-order chi connectivity index (χ0) is 20.9. The number of ether oxygens (including phenoxy) is 1. The fourth-order valence-electron chi connectivity index (χ4n) is 2.48. The third-order valence-corrected chi connectivity index (χ3v) is 3.96. The molecule has 0 saturated carbocycles. The summed E-state index contributed by atoms with van der Waals surface area (Å²) in [6.07, 6.45) is 1.51. The van der Waals surface area contributed by atoms with Crippen molar-refractivity contribution in [3.05, 3.63) is 65.5 Å². The van der Waals surface area contributed by atoms with Gasteiger partial charge in [0.15, 0.2) is 11.6 Å². The van der Waals surface area contributed by atoms with Gasteiger partial charge in [-0.05, 0) is 40.1 Å². The van der Waals surface area contributed by atoms with E-state index in [4.69, 9.17) is 0 Å². The van der Waals surface area contributed by atoms with Crippen molar-refractivity contribution in [1.29, 1.82) is 0 Å². The Hall–Kier alpha value is -4.41. The molecule has 0 aliphatic rings. The molecule has 0 fully saturated rings. The van der Waals surface area contributed by atoms with E-state index in [9.17, 15) is 9.18 Å². The van der Waals surface area contributed by atoms with E-state index in [1.165, 1.54) is 19.4 Å². The molecule has 10 nitrogen and oxygen atoms in total. The SMILES string of the molecule is COC(=O)c1ccc(/C=N/Nc2nc3nonc3nc2Nc2ccccc2F)cc1. The number of hydrogen-bond acceptors (Lipinski definition) is 10. The summed E-state index contributed by atoms with van der Waals surface area (Å²) in [5.41, 5.74) is 4.40. The van der Waals surface area contributed by atoms with Crippen LogP contribution in [-0.4, -0.2) is 39.6 Å². The summed E-state index contributed by atoms with van der Waals surface area (Å²) in [6, 6.07) is 12.8. The molecule has 0 aliphatic heterocycles. The largest absolute Gasteiger partial charge is 0.465 e. The normalized spacial score (nSPS) is 11.0. The fraction of sp³-hybridized carbons (Fsp3) is 0.0526. The van der Waals surface area contributed by atoms with Gasteiger partial charge in [0.05, 0.1) is 24.6 Å². The lowest BCUT2D eigenvalue weighted by molar-refractivity contribution is 0.0600. The number of benzene rings is 2. The van der Waals surface area contributed by atoms with Gasteiger partial charge in [0.2, 0.25) is 11.3 Å². The highest BCUT2D eigenvalue weighted by Crippen LogP contribution is 2.25. The van der Waals surface area contributed by atoms with Crippen LogP contribution in [0.25, 0.3) is 11.3 Å². The van der Waals surface area contributed by atoms with Crippen molar-refractivity contribution in [3.63, 3.8) is 0 Å². The second kappa shape index (κ2) is 8.31. The van der Waals surface area contributed by atoms with Crippen molar-refractivity contribution in [2.24, 2.45) is 5.10 Å². The average molecular weight is 407 g/mol. The molecule has 4 aromatic rings. The molecule has 2 N–H and O–H groups in total. The molecule has 0 unspecified atom stereocenters. The topological polar surface area (TPSA) is 127 Å². The fourth-order valence-corrected chi connectivity index (χ4v) is 2.48. The molecule has 30 heavy (non-hydrogen) atoms. The Morgan fingerprint density at radius 1 is 1.07 bits per heavy atom. The standard InChI is InChI=1S/C19H14FN7O3/c1-29-19(28)12-8-6-11(7-9-12)10-21-25-16-15(22-14-5-3-2-4-13(14)20)23-17-18(24-16)27-30-26-17/h2-10H,1H3,(H,22,23,26)(H,24,25,27)/b21-10+. The van der Waals surface area contributed by atoms with Gasteiger partial charge in [-0.25, -0.2) is 18.8 Å². The van der Waals surface area contributed by atoms with E-state index in [-0.39, 0.29) is 28.6 Å². The van der Waals surface area contributed by atoms with Gasteiger partial charge >= 0.3 is 5.97 Å². The Morgan fingerprint density at radius 2 is 1.77 bits per heavy atom. The minimum absolute atomic E-state index is 0.154. The molecular formula is C19H14FN7O3. The van der Waals surface area contributed by atoms with Crippen molar-refractivity contribution in [1.82, 2.24) is 20.3 Å². The predicted octanol–water partition coefficient (Wildman–Crippen LogP) is 3.13. The highest BCUT2D eigenvalue weighted by atomic mass is 19.1. The van der Waals surface area contributed by atoms with Gasteiger partial charge in [0, 0.05) is 0 Å². The van der Waals surface area contributed by atoms with Crippen LogP contribution in [0.1, 0.15) is 15.9 Å². The molecule has 150 valence electrons. The molecule has 0 radical (unpaired) electrons. The number of halogens is 1. The first-order valence-electron chi connectivity index (χ1n) is 8.63. The second-order valence-electron chi connectivity index (χ2n) is 5.92. The number of hydrazone groups is 1. The lowest BCUT2D eigenvalue weighted by atomic mass is 10.1. The van der Waals surface area contributed by atoms with E-state index >= 15 is 0 Å². The average Bonchev–Trinajstić information content (AvgIpc) is 3.22. The number of methoxy groups -OCH3 is 1. The molecular weight excluding hydrogens is 393 g/mol. The number of fused-ring (bicyclic) bond motifs is 1. The van der Waals surface area contributed by atoms with Gasteiger partial charge in [-0.3, -0.25) is 5.43 Å². The van der Waals surface area contributed by atoms with Gasteiger partial charge in [-0.2, -0.15) is 10.1 Å². The highest BCUT2D eigenvalue weighted by molar-refractivity contribution is 5.90. The van der Waals surface area contributed by atoms with Crippen LogP contribution in [0.2, 0.25) is 0 Å². The molecule has 0 aliphatic carbocycles. The van der Waals surface area contributed by atoms with Crippen LogP contribution in [0.3, 0.4) is 0 Å². The van der Waals surface area contributed by atoms with Gasteiger partial charge in [-0.15, -0.1) is 0 Å². The summed E-state index contributed by atoms with van der Waals surface area (Å²) < 4.78 is 23.3. The summed E-state index contributed by atoms with van der Waals surface area (Å²) in [6.45, 7) is 0. The summed E-state index contributed by atoms with van der Waals surface area (Å²) >= 11 is 0. The minimum atomic E-state index is -0.460. The number of anilines is 3. The second-order valence-corrected chi connectivity index (χ2v) is 5.92. The number of carbonyl (C=O) groups is 1. The summed E-state index contributed by atoms with van der Waals surface area (Å²) in [4.78, 5) is 20.0. The van der Waals surface area contributed by atoms with Crippen molar-refractivity contribution < 1.29 is 18.6 Å². The van der Waals surface area contributed by atoms with E-state index in [1.807, 2.05) is 0 Å². The Balaban J connectivity index is 1.57. The Labute approximate surface area is 168 Å². The van der Waals surface area contributed by atoms with Gasteiger partial charge < -0.3 is 10.1 Å². The molecule has 11 heteroatoms. The maximum atomic E-state index is 14.0. The van der Waals surface area contributed by atoms with Crippen LogP contribution in [0, 0.1) is 5.82 Å². The molecule has 2 aromatic carbocycles. The third kappa shape index (κ3) is 4.04. The van der Waals surface area contributed by atoms with Crippen molar-refractivity contribution in [2.45, 2.75) is 0 Å². The first-order chi connectivity index (χ1) is 14.6. The number of carbonyl (C=O) groups excluding carboxylic acids is 1. The maximum Gasteiger partial charge on any atom is 0.337 e. The van der Waals surface area contributed by atoms with E-state index in [0.717, 1.165) is 5.56 Å². The Morgan fingerprint density at radius 3 is 2.47 bits per heavy atom. The van der Waals surface area contributed by atoms with Gasteiger partial charge in [0.25, 0.3) is 0 Å². The summed E-state index contributed by atoms with van der Waals surface area (Å²) in [5.74, 6) is -0.520. The number of aromatic nitrogens is 4. The lowest BCUT2D eigenvalue weighted by Crippen LogP contribution is -2.04. The van der Waals surface area contributed by atoms with Crippen molar-refractivity contribution in [3.8, 4) is 0 Å². The van der Waals surface area contributed by atoms with E-state index in [1.54, 1.807) is 42.5 Å². The number of hydrogen-bond donors (Lipinski definition) is 2. The molecule has 0 spiro atoms. The summed E-state index contributed by atoms with van der Waals surface area (Å²) in [5, 5.41) is 14.3. The number of nitrogens with zero attached hydrogens (tertiary/aromatic N) is 5. The van der Waals surface area contributed by atoms with Crippen LogP contribution < -0.4 is 10.7 Å². The van der Waals surface area contributed by atoms with E-state index < -0.39 is 11.8 Å². The zero-order valence-electron chi connectivity index (χ0n) is 15.5. The molecule has 0 amide bonds. The maximum absolute atomic E-state index is 14.0. The lowest BCUT2D eigenvalue weighted by Gasteiger charge is -2.09. The van der Waals surface area contributed by atoms with Gasteiger partial charge in [0.1, 0.15) is 5.82 Å². The summed E-state index contributed by atoms with van der Waals surface area (Å²) in [7, 11) is 1.32. The number of rotatable bonds is 6. The molecule has 0 atom stereocenters. The van der Waals surface area contributed by atoms with Gasteiger partial charge in [-0.1, -0.05) is 24.3 Å². The highest BCUT2D eigenvalue weighted by Gasteiger charge is 2.14. The third-order valence-electron chi connectivity index (χ3n) is 3.96. The number of para-hydroxylation sites is 1. The number of esters is 1. The Bertz CT molecular complexity index is 1220. The van der Waals surface area contributed by atoms with Crippen LogP contribution >= 0.6 is 0 Å². The predicted molar refractivity (Wildman–Crippen MR) is 106 cm³/mol. The van der Waals surface area contributed by atoms with Crippen LogP contribution in [0.4, 0.5) is 21.7 Å².